The molecule has 0 aliphatic rings. The average Bonchev–Trinajstić information content (AvgIpc) is 2.76. The highest BCUT2D eigenvalue weighted by atomic mass is 32.2. The monoisotopic (exact) mass is 494 g/mol. The molecule has 0 spiro atoms. The summed E-state index contributed by atoms with van der Waals surface area (Å²) in [7, 11) is -2.08. The van der Waals surface area contributed by atoms with Gasteiger partial charge in [-0.3, -0.25) is 4.31 Å². The molecule has 3 rings (SSSR count). The Labute approximate surface area is 196 Å². The molecule has 0 saturated carbocycles. The number of halogens is 3. The van der Waals surface area contributed by atoms with Crippen LogP contribution in [0.2, 0.25) is 0 Å². The van der Waals surface area contributed by atoms with Crippen molar-refractivity contribution in [3.63, 3.8) is 0 Å². The zero-order chi connectivity index (χ0) is 25.1. The molecule has 182 valence electrons. The van der Waals surface area contributed by atoms with Gasteiger partial charge < -0.3 is 16.4 Å². The predicted octanol–water partition coefficient (Wildman–Crippen LogP) is 4.27. The fraction of sp³-hybridized carbons (Fsp3) is 0.273. The highest BCUT2D eigenvalue weighted by Crippen LogP contribution is 2.34. The molecular formula is C22H25F3N6O2S. The number of nitrogens with two attached hydrogens (primary N) is 1. The lowest BCUT2D eigenvalue weighted by molar-refractivity contribution is -0.137. The summed E-state index contributed by atoms with van der Waals surface area (Å²) in [4.78, 5) is 7.82. The first-order chi connectivity index (χ1) is 15.8. The van der Waals surface area contributed by atoms with Gasteiger partial charge >= 0.3 is 6.18 Å². The van der Waals surface area contributed by atoms with Crippen LogP contribution in [0.3, 0.4) is 0 Å². The van der Waals surface area contributed by atoms with Crippen molar-refractivity contribution >= 4 is 33.2 Å². The average molecular weight is 495 g/mol. The summed E-state index contributed by atoms with van der Waals surface area (Å²) < 4.78 is 65.2. The summed E-state index contributed by atoms with van der Waals surface area (Å²) in [6.07, 6.45) is -2.90. The Hall–Kier alpha value is -3.38. The van der Waals surface area contributed by atoms with Crippen LogP contribution in [-0.2, 0) is 22.7 Å². The van der Waals surface area contributed by atoms with Crippen LogP contribution in [0.25, 0.3) is 0 Å². The third kappa shape index (κ3) is 6.35. The zero-order valence-corrected chi connectivity index (χ0v) is 19.6. The quantitative estimate of drug-likeness (QED) is 0.429. The van der Waals surface area contributed by atoms with Crippen molar-refractivity contribution in [1.29, 1.82) is 0 Å². The molecule has 34 heavy (non-hydrogen) atoms. The van der Waals surface area contributed by atoms with E-state index < -0.39 is 27.6 Å². The Balaban J connectivity index is 1.83. The second-order valence-corrected chi connectivity index (χ2v) is 9.76. The van der Waals surface area contributed by atoms with E-state index in [9.17, 15) is 21.6 Å². The predicted molar refractivity (Wildman–Crippen MR) is 126 cm³/mol. The molecule has 0 unspecified atom stereocenters. The lowest BCUT2D eigenvalue weighted by Gasteiger charge is -2.18. The molecule has 0 aliphatic carbocycles. The van der Waals surface area contributed by atoms with E-state index in [1.807, 2.05) is 6.92 Å². The molecule has 0 amide bonds. The third-order valence-electron chi connectivity index (χ3n) is 5.02. The van der Waals surface area contributed by atoms with Gasteiger partial charge in [0.05, 0.1) is 11.9 Å². The van der Waals surface area contributed by atoms with E-state index in [0.717, 1.165) is 16.1 Å². The van der Waals surface area contributed by atoms with Crippen LogP contribution in [0, 0.1) is 0 Å². The Bertz CT molecular complexity index is 1250. The van der Waals surface area contributed by atoms with E-state index in [2.05, 4.69) is 20.6 Å². The van der Waals surface area contributed by atoms with Crippen LogP contribution in [0.5, 0.6) is 0 Å². The molecule has 1 heterocycles. The fourth-order valence-corrected chi connectivity index (χ4v) is 3.52. The SMILES string of the molecule is C[C@@H](N)c1ccc(Nc2ncc(C(F)(F)F)c(NCc3cccc(N(C)S(C)(=O)=O)c3)n2)cc1. The fourth-order valence-electron chi connectivity index (χ4n) is 3.02. The van der Waals surface area contributed by atoms with Crippen LogP contribution in [0.1, 0.15) is 29.7 Å². The molecule has 3 aromatic rings. The van der Waals surface area contributed by atoms with E-state index in [0.29, 0.717) is 23.1 Å². The minimum Gasteiger partial charge on any atom is -0.365 e. The number of nitrogens with zero attached hydrogens (tertiary/aromatic N) is 3. The van der Waals surface area contributed by atoms with Crippen LogP contribution in [0.4, 0.5) is 36.3 Å². The van der Waals surface area contributed by atoms with Gasteiger partial charge in [-0.05, 0) is 42.3 Å². The minimum absolute atomic E-state index is 0.0189. The first-order valence-corrected chi connectivity index (χ1v) is 12.0. The Kier molecular flexibility index (Phi) is 7.32. The largest absolute Gasteiger partial charge is 0.421 e. The van der Waals surface area contributed by atoms with Gasteiger partial charge in [0.1, 0.15) is 11.4 Å². The van der Waals surface area contributed by atoms with Gasteiger partial charge in [0.25, 0.3) is 0 Å². The number of benzene rings is 2. The van der Waals surface area contributed by atoms with Gasteiger partial charge in [0, 0.05) is 31.5 Å². The molecule has 1 aromatic heterocycles. The maximum absolute atomic E-state index is 13.5. The van der Waals surface area contributed by atoms with Gasteiger partial charge in [-0.1, -0.05) is 24.3 Å². The molecule has 12 heteroatoms. The summed E-state index contributed by atoms with van der Waals surface area (Å²) in [6.45, 7) is 1.82. The molecule has 0 aliphatic heterocycles. The van der Waals surface area contributed by atoms with Crippen molar-refractivity contribution in [1.82, 2.24) is 9.97 Å². The van der Waals surface area contributed by atoms with Crippen LogP contribution < -0.4 is 20.7 Å². The molecule has 4 N–H and O–H groups in total. The molecule has 1 atom stereocenters. The summed E-state index contributed by atoms with van der Waals surface area (Å²) in [5.74, 6) is -0.423. The molecule has 0 saturated heterocycles. The number of alkyl halides is 3. The summed E-state index contributed by atoms with van der Waals surface area (Å²) >= 11 is 0. The first kappa shape index (κ1) is 25.2. The van der Waals surface area contributed by atoms with Gasteiger partial charge in [0.15, 0.2) is 0 Å². The van der Waals surface area contributed by atoms with Gasteiger partial charge in [0.2, 0.25) is 16.0 Å². The van der Waals surface area contributed by atoms with Gasteiger partial charge in [-0.2, -0.15) is 18.2 Å². The lowest BCUT2D eigenvalue weighted by Crippen LogP contribution is -2.24. The van der Waals surface area contributed by atoms with Crippen molar-refractivity contribution in [3.8, 4) is 0 Å². The normalized spacial score (nSPS) is 12.8. The molecule has 8 nitrogen and oxygen atoms in total. The van der Waals surface area contributed by atoms with E-state index >= 15 is 0 Å². The van der Waals surface area contributed by atoms with E-state index in [-0.39, 0.29) is 18.5 Å². The van der Waals surface area contributed by atoms with E-state index in [4.69, 9.17) is 5.73 Å². The lowest BCUT2D eigenvalue weighted by atomic mass is 10.1. The molecule has 0 fully saturated rings. The van der Waals surface area contributed by atoms with Crippen molar-refractivity contribution in [2.75, 3.05) is 28.2 Å². The van der Waals surface area contributed by atoms with E-state index in [1.54, 1.807) is 48.5 Å². The summed E-state index contributed by atoms with van der Waals surface area (Å²) in [5.41, 5.74) is 7.26. The number of nitrogens with one attached hydrogen (secondary N) is 2. The highest BCUT2D eigenvalue weighted by molar-refractivity contribution is 7.92. The van der Waals surface area contributed by atoms with Crippen molar-refractivity contribution in [2.45, 2.75) is 25.7 Å². The third-order valence-corrected chi connectivity index (χ3v) is 6.22. The Morgan fingerprint density at radius 3 is 2.41 bits per heavy atom. The van der Waals surface area contributed by atoms with Crippen molar-refractivity contribution in [3.05, 3.63) is 71.4 Å². The number of anilines is 4. The number of hydrogen-bond donors (Lipinski definition) is 3. The number of rotatable bonds is 8. The summed E-state index contributed by atoms with van der Waals surface area (Å²) in [5, 5.41) is 5.58. The highest BCUT2D eigenvalue weighted by Gasteiger charge is 2.35. The summed E-state index contributed by atoms with van der Waals surface area (Å²) in [6, 6.07) is 13.4. The molecular weight excluding hydrogens is 469 g/mol. The maximum atomic E-state index is 13.5. The zero-order valence-electron chi connectivity index (χ0n) is 18.8. The Morgan fingerprint density at radius 2 is 1.82 bits per heavy atom. The molecule has 2 aromatic carbocycles. The number of sulfonamides is 1. The number of aromatic nitrogens is 2. The van der Waals surface area contributed by atoms with Crippen molar-refractivity contribution < 1.29 is 21.6 Å². The smallest absolute Gasteiger partial charge is 0.365 e. The van der Waals surface area contributed by atoms with Crippen molar-refractivity contribution in [2.24, 2.45) is 5.73 Å². The second kappa shape index (κ2) is 9.85. The topological polar surface area (TPSA) is 113 Å². The van der Waals surface area contributed by atoms with Gasteiger partial charge in [-0.25, -0.2) is 13.4 Å². The number of hydrogen-bond acceptors (Lipinski definition) is 7. The maximum Gasteiger partial charge on any atom is 0.421 e. The minimum atomic E-state index is -4.67. The van der Waals surface area contributed by atoms with Gasteiger partial charge in [-0.15, -0.1) is 0 Å². The van der Waals surface area contributed by atoms with Crippen LogP contribution in [0.15, 0.2) is 54.7 Å². The Morgan fingerprint density at radius 1 is 1.15 bits per heavy atom. The van der Waals surface area contributed by atoms with E-state index in [1.165, 1.54) is 7.05 Å². The standard InChI is InChI=1S/C22H25F3N6O2S/c1-14(26)16-7-9-17(10-8-16)29-21-28-13-19(22(23,24)25)20(30-21)27-12-15-5-4-6-18(11-15)31(2)34(3,32)33/h4-11,13-14H,12,26H2,1-3H3,(H2,27,28,29,30)/t14-/m1/s1. The van der Waals surface area contributed by atoms with Crippen LogP contribution in [-0.4, -0.2) is 31.7 Å². The van der Waals surface area contributed by atoms with Crippen LogP contribution >= 0.6 is 0 Å². The first-order valence-electron chi connectivity index (χ1n) is 10.2. The molecule has 0 bridgehead atoms. The molecule has 0 radical (unpaired) electrons. The second-order valence-electron chi connectivity index (χ2n) is 7.74.